The summed E-state index contributed by atoms with van der Waals surface area (Å²) in [5.41, 5.74) is 8.27. The van der Waals surface area contributed by atoms with Gasteiger partial charge in [0.2, 0.25) is 0 Å². The molecule has 0 radical (unpaired) electrons. The van der Waals surface area contributed by atoms with Gasteiger partial charge in [0.25, 0.3) is 0 Å². The smallest absolute Gasteiger partial charge is 0.185 e. The van der Waals surface area contributed by atoms with E-state index in [1.165, 1.54) is 6.08 Å². The molecule has 4 nitrogen and oxygen atoms in total. The highest BCUT2D eigenvalue weighted by Gasteiger charge is 2.10. The minimum Gasteiger partial charge on any atom is -0.508 e. The maximum Gasteiger partial charge on any atom is 0.185 e. The molecule has 2 rings (SSSR count). The summed E-state index contributed by atoms with van der Waals surface area (Å²) >= 11 is 0. The number of benzene rings is 2. The summed E-state index contributed by atoms with van der Waals surface area (Å²) in [6.07, 6.45) is 5.38. The Bertz CT molecular complexity index is 790. The summed E-state index contributed by atoms with van der Waals surface area (Å²) in [4.78, 5) is 12.3. The number of aromatic hydroxyl groups is 1. The number of nitrogens with two attached hydrogens (primary N) is 1. The lowest BCUT2D eigenvalue weighted by atomic mass is 10.0. The van der Waals surface area contributed by atoms with Crippen LogP contribution >= 0.6 is 0 Å². The van der Waals surface area contributed by atoms with Crippen molar-refractivity contribution in [3.8, 4) is 11.5 Å². The van der Waals surface area contributed by atoms with Crippen LogP contribution in [0.25, 0.3) is 6.08 Å². The highest BCUT2D eigenvalue weighted by Crippen LogP contribution is 2.31. The molecular formula is C21H23NO3. The first-order valence-electron chi connectivity index (χ1n) is 8.12. The predicted molar refractivity (Wildman–Crippen MR) is 102 cm³/mol. The maximum absolute atomic E-state index is 12.3. The molecule has 0 unspecified atom stereocenters. The average Bonchev–Trinajstić information content (AvgIpc) is 2.56. The second kappa shape index (κ2) is 8.20. The molecule has 0 heterocycles. The number of ketones is 1. The first-order chi connectivity index (χ1) is 11.9. The van der Waals surface area contributed by atoms with Crippen LogP contribution in [0.3, 0.4) is 0 Å². The third-order valence-electron chi connectivity index (χ3n) is 3.55. The highest BCUT2D eigenvalue weighted by molar-refractivity contribution is 6.07. The number of carbonyl (C=O) groups excluding carboxylic acids is 1. The molecule has 130 valence electrons. The van der Waals surface area contributed by atoms with Crippen LogP contribution in [0.15, 0.2) is 55.1 Å². The fraction of sp³-hybridized carbons (Fsp3) is 0.190. The van der Waals surface area contributed by atoms with Crippen molar-refractivity contribution in [3.05, 3.63) is 71.8 Å². The Hall–Kier alpha value is -3.01. The van der Waals surface area contributed by atoms with Crippen molar-refractivity contribution in [2.75, 3.05) is 5.73 Å². The van der Waals surface area contributed by atoms with Gasteiger partial charge in [0.05, 0.1) is 6.10 Å². The molecule has 4 heteroatoms. The minimum absolute atomic E-state index is 0.0513. The van der Waals surface area contributed by atoms with E-state index < -0.39 is 0 Å². The highest BCUT2D eigenvalue weighted by atomic mass is 16.5. The van der Waals surface area contributed by atoms with E-state index in [0.717, 1.165) is 11.1 Å². The van der Waals surface area contributed by atoms with Gasteiger partial charge in [0, 0.05) is 22.9 Å². The molecule has 0 aliphatic rings. The van der Waals surface area contributed by atoms with Gasteiger partial charge in [-0.3, -0.25) is 4.79 Å². The van der Waals surface area contributed by atoms with E-state index in [4.69, 9.17) is 10.5 Å². The van der Waals surface area contributed by atoms with Crippen molar-refractivity contribution in [1.82, 2.24) is 0 Å². The standard InChI is InChI=1S/C21H23NO3/c1-4-5-16-12-17(21(13-20(16)24)25-14(2)3)8-11-19(23)15-6-9-18(22)10-7-15/h4,6-14,24H,1,5,22H2,2-3H3. The normalized spacial score (nSPS) is 11.0. The Morgan fingerprint density at radius 2 is 1.96 bits per heavy atom. The molecule has 0 atom stereocenters. The Balaban J connectivity index is 2.34. The van der Waals surface area contributed by atoms with E-state index in [2.05, 4.69) is 6.58 Å². The lowest BCUT2D eigenvalue weighted by Gasteiger charge is -2.14. The summed E-state index contributed by atoms with van der Waals surface area (Å²) < 4.78 is 5.75. The van der Waals surface area contributed by atoms with Gasteiger partial charge in [0.1, 0.15) is 11.5 Å². The second-order valence-corrected chi connectivity index (χ2v) is 6.00. The number of carbonyl (C=O) groups is 1. The zero-order valence-electron chi connectivity index (χ0n) is 14.5. The van der Waals surface area contributed by atoms with Gasteiger partial charge in [-0.05, 0) is 68.3 Å². The fourth-order valence-electron chi connectivity index (χ4n) is 2.35. The van der Waals surface area contributed by atoms with E-state index in [1.807, 2.05) is 19.9 Å². The number of hydrogen-bond donors (Lipinski definition) is 2. The van der Waals surface area contributed by atoms with E-state index in [0.29, 0.717) is 23.4 Å². The molecule has 0 aliphatic heterocycles. The molecule has 0 saturated heterocycles. The van der Waals surface area contributed by atoms with Crippen molar-refractivity contribution in [1.29, 1.82) is 0 Å². The van der Waals surface area contributed by atoms with E-state index in [9.17, 15) is 9.90 Å². The average molecular weight is 337 g/mol. The maximum atomic E-state index is 12.3. The summed E-state index contributed by atoms with van der Waals surface area (Å²) in [5, 5.41) is 10.1. The molecule has 0 amide bonds. The number of nitrogen functional groups attached to an aromatic ring is 1. The Kier molecular flexibility index (Phi) is 6.01. The first kappa shape index (κ1) is 18.3. The van der Waals surface area contributed by atoms with Gasteiger partial charge in [-0.15, -0.1) is 6.58 Å². The zero-order valence-corrected chi connectivity index (χ0v) is 14.5. The first-order valence-corrected chi connectivity index (χ1v) is 8.12. The quantitative estimate of drug-likeness (QED) is 0.340. The van der Waals surface area contributed by atoms with Crippen LogP contribution < -0.4 is 10.5 Å². The molecule has 2 aromatic carbocycles. The molecule has 0 aliphatic carbocycles. The van der Waals surface area contributed by atoms with E-state index in [1.54, 1.807) is 42.5 Å². The van der Waals surface area contributed by atoms with Gasteiger partial charge in [-0.1, -0.05) is 6.08 Å². The Morgan fingerprint density at radius 3 is 2.56 bits per heavy atom. The fourth-order valence-corrected chi connectivity index (χ4v) is 2.35. The van der Waals surface area contributed by atoms with Gasteiger partial charge in [0.15, 0.2) is 5.78 Å². The number of phenolic OH excluding ortho intramolecular Hbond substituents is 1. The topological polar surface area (TPSA) is 72.6 Å². The molecule has 25 heavy (non-hydrogen) atoms. The Labute approximate surface area is 148 Å². The molecule has 0 spiro atoms. The number of ether oxygens (including phenoxy) is 1. The molecule has 0 bridgehead atoms. The van der Waals surface area contributed by atoms with Crippen LogP contribution in [0.4, 0.5) is 5.69 Å². The lowest BCUT2D eigenvalue weighted by molar-refractivity contribution is 0.104. The molecule has 0 aromatic heterocycles. The number of hydrogen-bond acceptors (Lipinski definition) is 4. The third-order valence-corrected chi connectivity index (χ3v) is 3.55. The summed E-state index contributed by atoms with van der Waals surface area (Å²) in [6.45, 7) is 7.50. The van der Waals surface area contributed by atoms with E-state index in [-0.39, 0.29) is 17.6 Å². The van der Waals surface area contributed by atoms with Crippen LogP contribution in [0.2, 0.25) is 0 Å². The van der Waals surface area contributed by atoms with Gasteiger partial charge in [-0.25, -0.2) is 0 Å². The summed E-state index contributed by atoms with van der Waals surface area (Å²) in [7, 11) is 0. The largest absolute Gasteiger partial charge is 0.508 e. The lowest BCUT2D eigenvalue weighted by Crippen LogP contribution is -2.07. The molecule has 3 N–H and O–H groups in total. The van der Waals surface area contributed by atoms with Crippen molar-refractivity contribution in [3.63, 3.8) is 0 Å². The van der Waals surface area contributed by atoms with Crippen LogP contribution in [0, 0.1) is 0 Å². The zero-order chi connectivity index (χ0) is 18.4. The molecular weight excluding hydrogens is 314 g/mol. The van der Waals surface area contributed by atoms with Crippen molar-refractivity contribution in [2.45, 2.75) is 26.4 Å². The summed E-state index contributed by atoms with van der Waals surface area (Å²) in [5.74, 6) is 0.549. The second-order valence-electron chi connectivity index (χ2n) is 6.00. The van der Waals surface area contributed by atoms with Crippen LogP contribution in [0.5, 0.6) is 11.5 Å². The number of phenols is 1. The Morgan fingerprint density at radius 1 is 1.28 bits per heavy atom. The SMILES string of the molecule is C=CCc1cc(C=CC(=O)c2ccc(N)cc2)c(OC(C)C)cc1O. The van der Waals surface area contributed by atoms with Crippen molar-refractivity contribution >= 4 is 17.5 Å². The monoisotopic (exact) mass is 337 g/mol. The van der Waals surface area contributed by atoms with Crippen molar-refractivity contribution < 1.29 is 14.6 Å². The van der Waals surface area contributed by atoms with Crippen LogP contribution in [-0.4, -0.2) is 17.0 Å². The number of anilines is 1. The number of rotatable bonds is 7. The van der Waals surface area contributed by atoms with Gasteiger partial charge in [-0.2, -0.15) is 0 Å². The minimum atomic E-state index is -0.131. The predicted octanol–water partition coefficient (Wildman–Crippen LogP) is 4.39. The third kappa shape index (κ3) is 4.98. The molecule has 2 aromatic rings. The van der Waals surface area contributed by atoms with E-state index >= 15 is 0 Å². The van der Waals surface area contributed by atoms with Crippen molar-refractivity contribution in [2.24, 2.45) is 0 Å². The van der Waals surface area contributed by atoms with Crippen LogP contribution in [-0.2, 0) is 6.42 Å². The molecule has 0 saturated carbocycles. The van der Waals surface area contributed by atoms with Gasteiger partial charge < -0.3 is 15.6 Å². The van der Waals surface area contributed by atoms with Gasteiger partial charge >= 0.3 is 0 Å². The summed E-state index contributed by atoms with van der Waals surface area (Å²) in [6, 6.07) is 10.1. The van der Waals surface area contributed by atoms with Crippen LogP contribution in [0.1, 0.15) is 35.3 Å². The molecule has 0 fully saturated rings. The number of allylic oxidation sites excluding steroid dienone is 2.